The van der Waals surface area contributed by atoms with Gasteiger partial charge in [0, 0.05) is 22.2 Å². The van der Waals surface area contributed by atoms with Crippen LogP contribution in [0.4, 0.5) is 5.69 Å². The third kappa shape index (κ3) is 6.61. The van der Waals surface area contributed by atoms with Crippen molar-refractivity contribution in [3.05, 3.63) is 125 Å². The minimum absolute atomic E-state index is 0.0949. The SMILES string of the molecule is COc1ccc(Cn2nnnc2SCc2ccc(Oc3cc(C(=O)Nc4ccccc4C)c(O)c4ccccc34)c(C)c2)cc1. The number of tetrazole rings is 1. The summed E-state index contributed by atoms with van der Waals surface area (Å²) in [6, 6.07) is 30.2. The molecule has 1 heterocycles. The van der Waals surface area contributed by atoms with E-state index in [2.05, 4.69) is 26.9 Å². The third-order valence-corrected chi connectivity index (χ3v) is 8.46. The van der Waals surface area contributed by atoms with Crippen molar-refractivity contribution < 1.29 is 19.4 Å². The van der Waals surface area contributed by atoms with Crippen molar-refractivity contribution in [2.75, 3.05) is 12.4 Å². The van der Waals surface area contributed by atoms with E-state index in [4.69, 9.17) is 9.47 Å². The van der Waals surface area contributed by atoms with E-state index in [1.165, 1.54) is 0 Å². The average molecular weight is 618 g/mol. The molecule has 1 aromatic heterocycles. The van der Waals surface area contributed by atoms with Gasteiger partial charge >= 0.3 is 0 Å². The minimum Gasteiger partial charge on any atom is -0.506 e. The highest BCUT2D eigenvalue weighted by Crippen LogP contribution is 2.39. The van der Waals surface area contributed by atoms with Crippen LogP contribution in [-0.4, -0.2) is 38.3 Å². The molecule has 226 valence electrons. The van der Waals surface area contributed by atoms with E-state index in [0.717, 1.165) is 33.2 Å². The summed E-state index contributed by atoms with van der Waals surface area (Å²) in [6.07, 6.45) is 0. The Hall–Kier alpha value is -5.35. The molecule has 0 saturated carbocycles. The fourth-order valence-electron chi connectivity index (χ4n) is 4.97. The first-order chi connectivity index (χ1) is 21.9. The van der Waals surface area contributed by atoms with E-state index >= 15 is 0 Å². The van der Waals surface area contributed by atoms with Gasteiger partial charge in [0.15, 0.2) is 0 Å². The molecule has 6 aromatic rings. The zero-order chi connectivity index (χ0) is 31.3. The number of aromatic hydroxyl groups is 1. The van der Waals surface area contributed by atoms with Crippen LogP contribution in [0.1, 0.15) is 32.6 Å². The molecule has 2 N–H and O–H groups in total. The molecule has 0 spiro atoms. The summed E-state index contributed by atoms with van der Waals surface area (Å²) in [4.78, 5) is 13.3. The number of anilines is 1. The summed E-state index contributed by atoms with van der Waals surface area (Å²) in [7, 11) is 1.64. The number of carbonyl (C=O) groups is 1. The van der Waals surface area contributed by atoms with Gasteiger partial charge in [-0.1, -0.05) is 78.5 Å². The largest absolute Gasteiger partial charge is 0.506 e. The number of carbonyl (C=O) groups excluding carboxylic acids is 1. The number of ether oxygens (including phenoxy) is 2. The maximum absolute atomic E-state index is 13.3. The Labute approximate surface area is 264 Å². The first-order valence-electron chi connectivity index (χ1n) is 14.3. The second kappa shape index (κ2) is 13.1. The molecule has 6 rings (SSSR count). The number of nitrogens with zero attached hydrogens (tertiary/aromatic N) is 4. The molecular formula is C35H31N5O4S. The Balaban J connectivity index is 1.19. The maximum atomic E-state index is 13.3. The maximum Gasteiger partial charge on any atom is 0.259 e. The Kier molecular flexibility index (Phi) is 8.65. The van der Waals surface area contributed by atoms with E-state index < -0.39 is 5.91 Å². The van der Waals surface area contributed by atoms with Crippen LogP contribution in [0.5, 0.6) is 23.0 Å². The molecule has 0 saturated heterocycles. The van der Waals surface area contributed by atoms with E-state index in [9.17, 15) is 9.90 Å². The molecular weight excluding hydrogens is 586 g/mol. The van der Waals surface area contributed by atoms with Gasteiger partial charge in [0.2, 0.25) is 5.16 Å². The van der Waals surface area contributed by atoms with Crippen LogP contribution in [0, 0.1) is 13.8 Å². The van der Waals surface area contributed by atoms with Crippen LogP contribution in [0.25, 0.3) is 10.8 Å². The highest BCUT2D eigenvalue weighted by molar-refractivity contribution is 7.98. The van der Waals surface area contributed by atoms with E-state index in [1.54, 1.807) is 35.7 Å². The van der Waals surface area contributed by atoms with Gasteiger partial charge in [-0.25, -0.2) is 4.68 Å². The molecule has 0 radical (unpaired) electrons. The monoisotopic (exact) mass is 617 g/mol. The number of rotatable bonds is 10. The van der Waals surface area contributed by atoms with Gasteiger partial charge in [0.1, 0.15) is 23.0 Å². The van der Waals surface area contributed by atoms with Crippen molar-refractivity contribution in [1.29, 1.82) is 0 Å². The number of phenols is 1. The molecule has 0 fully saturated rings. The number of para-hydroxylation sites is 1. The second-order valence-corrected chi connectivity index (χ2v) is 11.5. The lowest BCUT2D eigenvalue weighted by atomic mass is 10.0. The molecule has 9 nitrogen and oxygen atoms in total. The van der Waals surface area contributed by atoms with E-state index in [-0.39, 0.29) is 11.3 Å². The number of fused-ring (bicyclic) bond motifs is 1. The number of aromatic nitrogens is 4. The first kappa shape index (κ1) is 29.7. The number of hydrogen-bond acceptors (Lipinski definition) is 8. The Morgan fingerprint density at radius 1 is 0.867 bits per heavy atom. The highest BCUT2D eigenvalue weighted by atomic mass is 32.2. The number of aryl methyl sites for hydroxylation is 2. The second-order valence-electron chi connectivity index (χ2n) is 10.5. The Morgan fingerprint density at radius 3 is 2.36 bits per heavy atom. The zero-order valence-corrected chi connectivity index (χ0v) is 25.8. The molecule has 0 aliphatic carbocycles. The van der Waals surface area contributed by atoms with Crippen LogP contribution in [0.15, 0.2) is 102 Å². The van der Waals surface area contributed by atoms with Gasteiger partial charge in [0.25, 0.3) is 5.91 Å². The predicted octanol–water partition coefficient (Wildman–Crippen LogP) is 7.54. The molecule has 45 heavy (non-hydrogen) atoms. The van der Waals surface area contributed by atoms with Gasteiger partial charge in [-0.2, -0.15) is 0 Å². The van der Waals surface area contributed by atoms with Crippen LogP contribution < -0.4 is 14.8 Å². The van der Waals surface area contributed by atoms with Crippen molar-refractivity contribution >= 4 is 34.1 Å². The molecule has 0 unspecified atom stereocenters. The number of nitrogens with one attached hydrogen (secondary N) is 1. The van der Waals surface area contributed by atoms with Gasteiger partial charge in [-0.15, -0.1) is 5.10 Å². The van der Waals surface area contributed by atoms with E-state index in [0.29, 0.717) is 40.3 Å². The smallest absolute Gasteiger partial charge is 0.259 e. The van der Waals surface area contributed by atoms with Crippen molar-refractivity contribution in [3.63, 3.8) is 0 Å². The van der Waals surface area contributed by atoms with Crippen LogP contribution in [0.2, 0.25) is 0 Å². The Bertz CT molecular complexity index is 1990. The van der Waals surface area contributed by atoms with Gasteiger partial charge in [-0.3, -0.25) is 4.79 Å². The number of benzene rings is 5. The lowest BCUT2D eigenvalue weighted by Gasteiger charge is -2.16. The fraction of sp³-hybridized carbons (Fsp3) is 0.143. The van der Waals surface area contributed by atoms with Gasteiger partial charge in [-0.05, 0) is 76.9 Å². The summed E-state index contributed by atoms with van der Waals surface area (Å²) in [5.41, 5.74) is 4.80. The quantitative estimate of drug-likeness (QED) is 0.152. The molecule has 10 heteroatoms. The van der Waals surface area contributed by atoms with Crippen LogP contribution in [0.3, 0.4) is 0 Å². The van der Waals surface area contributed by atoms with Crippen LogP contribution >= 0.6 is 11.8 Å². The molecule has 5 aromatic carbocycles. The van der Waals surface area contributed by atoms with Crippen molar-refractivity contribution in [2.24, 2.45) is 0 Å². The topological polar surface area (TPSA) is 111 Å². The first-order valence-corrected chi connectivity index (χ1v) is 15.3. The minimum atomic E-state index is -0.421. The molecule has 0 aliphatic rings. The third-order valence-electron chi connectivity index (χ3n) is 7.43. The summed E-state index contributed by atoms with van der Waals surface area (Å²) in [6.45, 7) is 4.45. The zero-order valence-electron chi connectivity index (χ0n) is 25.0. The number of thioether (sulfide) groups is 1. The lowest BCUT2D eigenvalue weighted by molar-refractivity contribution is 0.102. The normalized spacial score (nSPS) is 11.0. The van der Waals surface area contributed by atoms with Gasteiger partial charge in [0.05, 0.1) is 19.2 Å². The molecule has 0 atom stereocenters. The summed E-state index contributed by atoms with van der Waals surface area (Å²) in [5.74, 6) is 2.07. The summed E-state index contributed by atoms with van der Waals surface area (Å²) < 4.78 is 13.4. The number of amides is 1. The summed E-state index contributed by atoms with van der Waals surface area (Å²) in [5, 5.41) is 28.2. The molecule has 1 amide bonds. The van der Waals surface area contributed by atoms with Crippen molar-refractivity contribution in [2.45, 2.75) is 31.3 Å². The summed E-state index contributed by atoms with van der Waals surface area (Å²) >= 11 is 1.55. The van der Waals surface area contributed by atoms with E-state index in [1.807, 2.05) is 92.7 Å². The number of methoxy groups -OCH3 is 1. The molecule has 0 aliphatic heterocycles. The average Bonchev–Trinajstić information content (AvgIpc) is 3.50. The predicted molar refractivity (Wildman–Crippen MR) is 175 cm³/mol. The lowest BCUT2D eigenvalue weighted by Crippen LogP contribution is -2.13. The number of hydrogen-bond donors (Lipinski definition) is 2. The highest BCUT2D eigenvalue weighted by Gasteiger charge is 2.19. The van der Waals surface area contributed by atoms with Crippen molar-refractivity contribution in [1.82, 2.24) is 20.2 Å². The number of phenolic OH excluding ortho intramolecular Hbond substituents is 1. The fourth-order valence-corrected chi connectivity index (χ4v) is 5.79. The van der Waals surface area contributed by atoms with Crippen molar-refractivity contribution in [3.8, 4) is 23.0 Å². The standard InChI is InChI=1S/C35H31N5O4S/c1-22-8-4-7-11-30(22)36-34(42)29-19-32(27-9-5-6-10-28(27)33(29)41)44-31-17-14-25(18-23(31)2)21-45-35-37-38-39-40(35)20-24-12-15-26(43-3)16-13-24/h4-19,41H,20-21H2,1-3H3,(H,36,42). The van der Waals surface area contributed by atoms with Gasteiger partial charge < -0.3 is 19.9 Å². The Morgan fingerprint density at radius 2 is 1.60 bits per heavy atom. The van der Waals surface area contributed by atoms with Crippen LogP contribution in [-0.2, 0) is 12.3 Å². The molecule has 0 bridgehead atoms.